The number of hydrogen-bond donors (Lipinski definition) is 1. The molecule has 0 spiro atoms. The zero-order chi connectivity index (χ0) is 17.8. The van der Waals surface area contributed by atoms with Crippen molar-refractivity contribution in [1.29, 1.82) is 0 Å². The molecular weight excluding hydrogens is 321 g/mol. The van der Waals surface area contributed by atoms with E-state index in [1.165, 1.54) is 25.0 Å². The molecule has 1 aromatic rings. The van der Waals surface area contributed by atoms with E-state index in [2.05, 4.69) is 0 Å². The first-order valence-corrected chi connectivity index (χ1v) is 9.35. The van der Waals surface area contributed by atoms with Gasteiger partial charge in [-0.15, -0.1) is 0 Å². The van der Waals surface area contributed by atoms with Crippen molar-refractivity contribution < 1.29 is 18.7 Å². The molecule has 4 nitrogen and oxygen atoms in total. The second kappa shape index (κ2) is 8.28. The Bertz CT molecular complexity index is 573. The zero-order valence-electron chi connectivity index (χ0n) is 14.8. The molecule has 2 N–H and O–H groups in total. The summed E-state index contributed by atoms with van der Waals surface area (Å²) in [6.45, 7) is 2.61. The SMILES string of the molecule is CC1OC(=O)C(N)CCCC(Cc2ccc(F)cc2)C1OCC1CC1. The Morgan fingerprint density at radius 1 is 1.20 bits per heavy atom. The van der Waals surface area contributed by atoms with Gasteiger partial charge in [0.1, 0.15) is 18.0 Å². The normalized spacial score (nSPS) is 30.9. The van der Waals surface area contributed by atoms with Crippen LogP contribution in [-0.2, 0) is 20.7 Å². The van der Waals surface area contributed by atoms with Gasteiger partial charge in [0, 0.05) is 6.61 Å². The molecule has 5 heteroatoms. The van der Waals surface area contributed by atoms with Gasteiger partial charge in [0.05, 0.1) is 6.10 Å². The fraction of sp³-hybridized carbons (Fsp3) is 0.650. The number of esters is 1. The van der Waals surface area contributed by atoms with Crippen LogP contribution in [0.2, 0.25) is 0 Å². The van der Waals surface area contributed by atoms with Gasteiger partial charge in [0.2, 0.25) is 0 Å². The maximum absolute atomic E-state index is 13.2. The molecule has 1 saturated carbocycles. The van der Waals surface area contributed by atoms with Crippen LogP contribution in [0.4, 0.5) is 4.39 Å². The Kier molecular flexibility index (Phi) is 6.07. The first-order valence-electron chi connectivity index (χ1n) is 9.35. The van der Waals surface area contributed by atoms with Gasteiger partial charge in [-0.3, -0.25) is 4.79 Å². The van der Waals surface area contributed by atoms with Crippen LogP contribution < -0.4 is 5.73 Å². The number of hydrogen-bond acceptors (Lipinski definition) is 4. The largest absolute Gasteiger partial charge is 0.459 e. The van der Waals surface area contributed by atoms with E-state index in [1.54, 1.807) is 0 Å². The summed E-state index contributed by atoms with van der Waals surface area (Å²) in [5.74, 6) is 0.296. The smallest absolute Gasteiger partial charge is 0.323 e. The molecule has 0 amide bonds. The number of carbonyl (C=O) groups is 1. The van der Waals surface area contributed by atoms with E-state index in [-0.39, 0.29) is 29.9 Å². The highest BCUT2D eigenvalue weighted by molar-refractivity contribution is 5.75. The van der Waals surface area contributed by atoms with Crippen molar-refractivity contribution in [2.45, 2.75) is 63.7 Å². The van der Waals surface area contributed by atoms with Crippen molar-refractivity contribution in [3.8, 4) is 0 Å². The molecule has 138 valence electrons. The fourth-order valence-corrected chi connectivity index (χ4v) is 3.55. The molecule has 0 aromatic heterocycles. The number of benzene rings is 1. The van der Waals surface area contributed by atoms with Crippen molar-refractivity contribution in [2.75, 3.05) is 6.61 Å². The van der Waals surface area contributed by atoms with Gasteiger partial charge in [-0.2, -0.15) is 0 Å². The average Bonchev–Trinajstić information content (AvgIpc) is 3.40. The third-order valence-corrected chi connectivity index (χ3v) is 5.25. The number of carbonyl (C=O) groups excluding carboxylic acids is 1. The van der Waals surface area contributed by atoms with Crippen molar-refractivity contribution in [1.82, 2.24) is 0 Å². The Morgan fingerprint density at radius 2 is 1.92 bits per heavy atom. The van der Waals surface area contributed by atoms with Gasteiger partial charge in [-0.25, -0.2) is 4.39 Å². The Balaban J connectivity index is 1.75. The van der Waals surface area contributed by atoms with E-state index in [9.17, 15) is 9.18 Å². The summed E-state index contributed by atoms with van der Waals surface area (Å²) >= 11 is 0. The van der Waals surface area contributed by atoms with Crippen LogP contribution in [0.1, 0.15) is 44.6 Å². The minimum atomic E-state index is -0.559. The lowest BCUT2D eigenvalue weighted by Gasteiger charge is -2.31. The highest BCUT2D eigenvalue weighted by Gasteiger charge is 2.35. The first kappa shape index (κ1) is 18.3. The predicted octanol–water partition coefficient (Wildman–Crippen LogP) is 3.22. The minimum Gasteiger partial charge on any atom is -0.459 e. The van der Waals surface area contributed by atoms with Crippen LogP contribution in [0.5, 0.6) is 0 Å². The molecule has 3 rings (SSSR count). The van der Waals surface area contributed by atoms with Crippen LogP contribution in [0, 0.1) is 17.7 Å². The number of nitrogens with two attached hydrogens (primary N) is 1. The summed E-state index contributed by atoms with van der Waals surface area (Å²) in [4.78, 5) is 12.1. The van der Waals surface area contributed by atoms with Gasteiger partial charge in [-0.05, 0) is 68.6 Å². The van der Waals surface area contributed by atoms with Crippen LogP contribution in [0.15, 0.2) is 24.3 Å². The third kappa shape index (κ3) is 5.25. The standard InChI is InChI=1S/C20H28FNO3/c1-13-19(24-12-15-5-6-15)16(3-2-4-18(22)20(23)25-13)11-14-7-9-17(21)10-8-14/h7-10,13,15-16,18-19H,2-6,11-12,22H2,1H3. The summed E-state index contributed by atoms with van der Waals surface area (Å²) in [5, 5.41) is 0. The van der Waals surface area contributed by atoms with Crippen LogP contribution in [0.3, 0.4) is 0 Å². The lowest BCUT2D eigenvalue weighted by Crippen LogP contribution is -2.41. The van der Waals surface area contributed by atoms with Crippen molar-refractivity contribution in [3.63, 3.8) is 0 Å². The van der Waals surface area contributed by atoms with Gasteiger partial charge >= 0.3 is 5.97 Å². The molecule has 1 heterocycles. The summed E-state index contributed by atoms with van der Waals surface area (Å²) in [6, 6.07) is 6.06. The molecule has 4 unspecified atom stereocenters. The molecule has 1 aromatic carbocycles. The molecule has 25 heavy (non-hydrogen) atoms. The van der Waals surface area contributed by atoms with Crippen LogP contribution in [-0.4, -0.2) is 30.8 Å². The maximum Gasteiger partial charge on any atom is 0.323 e. The van der Waals surface area contributed by atoms with E-state index in [0.29, 0.717) is 12.3 Å². The van der Waals surface area contributed by atoms with Crippen molar-refractivity contribution in [2.24, 2.45) is 17.6 Å². The number of halogens is 1. The predicted molar refractivity (Wildman–Crippen MR) is 93.4 cm³/mol. The number of rotatable bonds is 5. The molecule has 0 radical (unpaired) electrons. The molecular formula is C20H28FNO3. The minimum absolute atomic E-state index is 0.153. The maximum atomic E-state index is 13.2. The highest BCUT2D eigenvalue weighted by Crippen LogP contribution is 2.32. The van der Waals surface area contributed by atoms with E-state index in [4.69, 9.17) is 15.2 Å². The van der Waals surface area contributed by atoms with Crippen LogP contribution in [0.25, 0.3) is 0 Å². The molecule has 1 saturated heterocycles. The summed E-state index contributed by atoms with van der Waals surface area (Å²) in [6.07, 6.45) is 5.14. The molecule has 4 atom stereocenters. The second-order valence-electron chi connectivity index (χ2n) is 7.51. The quantitative estimate of drug-likeness (QED) is 0.829. The Morgan fingerprint density at radius 3 is 2.60 bits per heavy atom. The number of ether oxygens (including phenoxy) is 2. The van der Waals surface area contributed by atoms with E-state index in [1.807, 2.05) is 19.1 Å². The molecule has 1 aliphatic carbocycles. The molecule has 2 fully saturated rings. The molecule has 2 aliphatic rings. The Hall–Kier alpha value is -1.46. The lowest BCUT2D eigenvalue weighted by atomic mass is 9.87. The van der Waals surface area contributed by atoms with Gasteiger partial charge in [0.15, 0.2) is 0 Å². The highest BCUT2D eigenvalue weighted by atomic mass is 19.1. The molecule has 0 bridgehead atoms. The van der Waals surface area contributed by atoms with Gasteiger partial charge < -0.3 is 15.2 Å². The van der Waals surface area contributed by atoms with E-state index >= 15 is 0 Å². The fourth-order valence-electron chi connectivity index (χ4n) is 3.55. The van der Waals surface area contributed by atoms with Gasteiger partial charge in [0.25, 0.3) is 0 Å². The van der Waals surface area contributed by atoms with Crippen molar-refractivity contribution in [3.05, 3.63) is 35.6 Å². The van der Waals surface area contributed by atoms with Crippen molar-refractivity contribution >= 4 is 5.97 Å². The van der Waals surface area contributed by atoms with E-state index in [0.717, 1.165) is 31.4 Å². The Labute approximate surface area is 148 Å². The van der Waals surface area contributed by atoms with Gasteiger partial charge in [-0.1, -0.05) is 18.6 Å². The summed E-state index contributed by atoms with van der Waals surface area (Å²) < 4.78 is 25.0. The van der Waals surface area contributed by atoms with Crippen LogP contribution >= 0.6 is 0 Å². The summed E-state index contributed by atoms with van der Waals surface area (Å²) in [7, 11) is 0. The van der Waals surface area contributed by atoms with E-state index < -0.39 is 6.04 Å². The number of cyclic esters (lactones) is 1. The molecule has 1 aliphatic heterocycles. The zero-order valence-corrected chi connectivity index (χ0v) is 14.8. The second-order valence-corrected chi connectivity index (χ2v) is 7.51. The monoisotopic (exact) mass is 349 g/mol. The lowest BCUT2D eigenvalue weighted by molar-refractivity contribution is -0.160. The summed E-state index contributed by atoms with van der Waals surface area (Å²) in [5.41, 5.74) is 6.99. The third-order valence-electron chi connectivity index (χ3n) is 5.25. The topological polar surface area (TPSA) is 61.5 Å². The first-order chi connectivity index (χ1) is 12.0. The average molecular weight is 349 g/mol.